The molecule has 0 bridgehead atoms. The highest BCUT2D eigenvalue weighted by Gasteiger charge is 2.26. The Hall–Kier alpha value is -2.09. The van der Waals surface area contributed by atoms with Crippen LogP contribution in [0, 0.1) is 5.92 Å². The van der Waals surface area contributed by atoms with Crippen molar-refractivity contribution in [2.45, 2.75) is 38.0 Å². The first-order valence-corrected chi connectivity index (χ1v) is 8.12. The zero-order chi connectivity index (χ0) is 15.4. The van der Waals surface area contributed by atoms with E-state index in [-0.39, 0.29) is 5.92 Å². The molecule has 1 saturated carbocycles. The minimum atomic E-state index is -0.695. The van der Waals surface area contributed by atoms with Gasteiger partial charge in [-0.2, -0.15) is 0 Å². The fourth-order valence-corrected chi connectivity index (χ4v) is 3.50. The van der Waals surface area contributed by atoms with Gasteiger partial charge in [0.1, 0.15) is 0 Å². The number of carboxylic acids is 1. The lowest BCUT2D eigenvalue weighted by molar-refractivity contribution is -0.139. The van der Waals surface area contributed by atoms with Crippen LogP contribution >= 0.6 is 0 Å². The maximum atomic E-state index is 11.6. The molecule has 0 heterocycles. The quantitative estimate of drug-likeness (QED) is 0.832. The van der Waals surface area contributed by atoms with Gasteiger partial charge in [0.15, 0.2) is 0 Å². The first-order chi connectivity index (χ1) is 10.7. The van der Waals surface area contributed by atoms with Crippen LogP contribution in [0.4, 0.5) is 0 Å². The van der Waals surface area contributed by atoms with Crippen molar-refractivity contribution in [2.75, 3.05) is 0 Å². The maximum absolute atomic E-state index is 11.6. The van der Waals surface area contributed by atoms with Crippen molar-refractivity contribution < 1.29 is 9.90 Å². The lowest BCUT2D eigenvalue weighted by Crippen LogP contribution is -2.15. The van der Waals surface area contributed by atoms with Crippen LogP contribution < -0.4 is 0 Å². The second-order valence-corrected chi connectivity index (χ2v) is 6.27. The molecule has 0 aliphatic heterocycles. The highest BCUT2D eigenvalue weighted by Crippen LogP contribution is 2.34. The second kappa shape index (κ2) is 6.78. The summed E-state index contributed by atoms with van der Waals surface area (Å²) in [5, 5.41) is 9.57. The summed E-state index contributed by atoms with van der Waals surface area (Å²) in [6.45, 7) is 0. The molecule has 2 aromatic carbocycles. The van der Waals surface area contributed by atoms with Gasteiger partial charge in [0.2, 0.25) is 0 Å². The summed E-state index contributed by atoms with van der Waals surface area (Å²) < 4.78 is 0. The monoisotopic (exact) mass is 294 g/mol. The van der Waals surface area contributed by atoms with E-state index in [9.17, 15) is 9.90 Å². The van der Waals surface area contributed by atoms with Gasteiger partial charge >= 0.3 is 5.97 Å². The molecule has 0 unspecified atom stereocenters. The number of rotatable bonds is 5. The van der Waals surface area contributed by atoms with Crippen LogP contribution in [-0.4, -0.2) is 11.1 Å². The van der Waals surface area contributed by atoms with E-state index in [1.807, 2.05) is 42.5 Å². The van der Waals surface area contributed by atoms with E-state index in [4.69, 9.17) is 0 Å². The molecule has 1 aliphatic rings. The van der Waals surface area contributed by atoms with Crippen LogP contribution in [-0.2, 0) is 4.79 Å². The van der Waals surface area contributed by atoms with Gasteiger partial charge in [-0.25, -0.2) is 0 Å². The molecule has 1 atom stereocenters. The fourth-order valence-electron chi connectivity index (χ4n) is 3.50. The Bertz CT molecular complexity index is 610. The van der Waals surface area contributed by atoms with Crippen LogP contribution in [0.15, 0.2) is 54.6 Å². The number of carboxylic acid groups (broad SMARTS) is 1. The van der Waals surface area contributed by atoms with Crippen LogP contribution in [0.25, 0.3) is 11.1 Å². The lowest BCUT2D eigenvalue weighted by atomic mass is 9.87. The third kappa shape index (κ3) is 3.38. The maximum Gasteiger partial charge on any atom is 0.310 e. The van der Waals surface area contributed by atoms with Crippen molar-refractivity contribution >= 4 is 5.97 Å². The standard InChI is InChI=1S/C20H22O2/c21-20(22)19(14-15-6-4-5-7-15)18-12-10-17(11-13-18)16-8-2-1-3-9-16/h1-3,8-13,15,19H,4-7,14H2,(H,21,22)/t19-/m0/s1. The van der Waals surface area contributed by atoms with E-state index in [2.05, 4.69) is 12.1 Å². The zero-order valence-corrected chi connectivity index (χ0v) is 12.7. The zero-order valence-electron chi connectivity index (χ0n) is 12.7. The number of hydrogen-bond donors (Lipinski definition) is 1. The molecule has 0 saturated heterocycles. The van der Waals surface area contributed by atoms with Crippen molar-refractivity contribution in [3.63, 3.8) is 0 Å². The molecule has 0 aromatic heterocycles. The Morgan fingerprint density at radius 1 is 0.955 bits per heavy atom. The fraction of sp³-hybridized carbons (Fsp3) is 0.350. The summed E-state index contributed by atoms with van der Waals surface area (Å²) in [6, 6.07) is 18.2. The minimum absolute atomic E-state index is 0.368. The third-order valence-electron chi connectivity index (χ3n) is 4.76. The van der Waals surface area contributed by atoms with Crippen LogP contribution in [0.3, 0.4) is 0 Å². The molecule has 3 rings (SSSR count). The molecule has 1 N–H and O–H groups in total. The Morgan fingerprint density at radius 3 is 2.14 bits per heavy atom. The van der Waals surface area contributed by atoms with Gasteiger partial charge in [0.25, 0.3) is 0 Å². The normalized spacial score (nSPS) is 16.5. The second-order valence-electron chi connectivity index (χ2n) is 6.27. The van der Waals surface area contributed by atoms with E-state index in [1.165, 1.54) is 25.7 Å². The van der Waals surface area contributed by atoms with E-state index in [1.54, 1.807) is 0 Å². The summed E-state index contributed by atoms with van der Waals surface area (Å²) in [5.74, 6) is -0.484. The van der Waals surface area contributed by atoms with Gasteiger partial charge in [0, 0.05) is 0 Å². The Kier molecular flexibility index (Phi) is 4.57. The van der Waals surface area contributed by atoms with Crippen molar-refractivity contribution in [3.05, 3.63) is 60.2 Å². The van der Waals surface area contributed by atoms with Crippen molar-refractivity contribution in [1.29, 1.82) is 0 Å². The Labute approximate surface area is 131 Å². The van der Waals surface area contributed by atoms with Crippen molar-refractivity contribution in [2.24, 2.45) is 5.92 Å². The van der Waals surface area contributed by atoms with Gasteiger partial charge in [-0.05, 0) is 29.0 Å². The number of aliphatic carboxylic acids is 1. The molecule has 0 radical (unpaired) electrons. The van der Waals surface area contributed by atoms with E-state index < -0.39 is 5.97 Å². The first kappa shape index (κ1) is 14.8. The molecule has 1 fully saturated rings. The van der Waals surface area contributed by atoms with Crippen LogP contribution in [0.1, 0.15) is 43.6 Å². The summed E-state index contributed by atoms with van der Waals surface area (Å²) in [4.78, 5) is 11.6. The molecular formula is C20H22O2. The summed E-state index contributed by atoms with van der Waals surface area (Å²) in [5.41, 5.74) is 3.23. The minimum Gasteiger partial charge on any atom is -0.481 e. The first-order valence-electron chi connectivity index (χ1n) is 8.12. The summed E-state index contributed by atoms with van der Waals surface area (Å²) in [6.07, 6.45) is 5.66. The molecule has 0 amide bonds. The van der Waals surface area contributed by atoms with Crippen molar-refractivity contribution in [3.8, 4) is 11.1 Å². The number of benzene rings is 2. The molecule has 2 aromatic rings. The number of carbonyl (C=O) groups is 1. The Morgan fingerprint density at radius 2 is 1.55 bits per heavy atom. The molecular weight excluding hydrogens is 272 g/mol. The SMILES string of the molecule is O=C(O)[C@@H](CC1CCCC1)c1ccc(-c2ccccc2)cc1. The van der Waals surface area contributed by atoms with Crippen LogP contribution in [0.5, 0.6) is 0 Å². The molecule has 2 nitrogen and oxygen atoms in total. The average Bonchev–Trinajstić information content (AvgIpc) is 3.07. The van der Waals surface area contributed by atoms with Gasteiger partial charge in [0.05, 0.1) is 5.92 Å². The van der Waals surface area contributed by atoms with Gasteiger partial charge < -0.3 is 5.11 Å². The average molecular weight is 294 g/mol. The summed E-state index contributed by atoms with van der Waals surface area (Å²) in [7, 11) is 0. The van der Waals surface area contributed by atoms with E-state index in [0.29, 0.717) is 5.92 Å². The van der Waals surface area contributed by atoms with Gasteiger partial charge in [-0.15, -0.1) is 0 Å². The van der Waals surface area contributed by atoms with E-state index >= 15 is 0 Å². The highest BCUT2D eigenvalue weighted by atomic mass is 16.4. The predicted octanol–water partition coefficient (Wildman–Crippen LogP) is 5.10. The predicted molar refractivity (Wildman–Crippen MR) is 88.8 cm³/mol. The molecule has 1 aliphatic carbocycles. The molecule has 2 heteroatoms. The van der Waals surface area contributed by atoms with Crippen LogP contribution in [0.2, 0.25) is 0 Å². The summed E-state index contributed by atoms with van der Waals surface area (Å²) >= 11 is 0. The molecule has 114 valence electrons. The van der Waals surface area contributed by atoms with Gasteiger partial charge in [-0.3, -0.25) is 4.79 Å². The van der Waals surface area contributed by atoms with Gasteiger partial charge in [-0.1, -0.05) is 80.3 Å². The smallest absolute Gasteiger partial charge is 0.310 e. The lowest BCUT2D eigenvalue weighted by Gasteiger charge is -2.17. The Balaban J connectivity index is 1.78. The largest absolute Gasteiger partial charge is 0.481 e. The topological polar surface area (TPSA) is 37.3 Å². The highest BCUT2D eigenvalue weighted by molar-refractivity contribution is 5.76. The number of hydrogen-bond acceptors (Lipinski definition) is 1. The van der Waals surface area contributed by atoms with E-state index in [0.717, 1.165) is 23.1 Å². The van der Waals surface area contributed by atoms with Crippen molar-refractivity contribution in [1.82, 2.24) is 0 Å². The molecule has 0 spiro atoms. The molecule has 22 heavy (non-hydrogen) atoms. The third-order valence-corrected chi connectivity index (χ3v) is 4.76.